The second-order valence-corrected chi connectivity index (χ2v) is 12.7. The van der Waals surface area contributed by atoms with E-state index in [1.165, 1.54) is 44.9 Å². The van der Waals surface area contributed by atoms with Gasteiger partial charge in [0.05, 0.1) is 10.8 Å². The van der Waals surface area contributed by atoms with Crippen LogP contribution in [0, 0.1) is 28.1 Å². The largest absolute Gasteiger partial charge is 0.353 e. The van der Waals surface area contributed by atoms with Crippen LogP contribution in [0.1, 0.15) is 117 Å². The van der Waals surface area contributed by atoms with Crippen LogP contribution in [0.25, 0.3) is 0 Å². The monoisotopic (exact) mass is 428 g/mol. The molecule has 6 aliphatic rings. The number of nitrogens with one attached hydrogen (secondary N) is 2. The van der Waals surface area contributed by atoms with Crippen LogP contribution in [-0.4, -0.2) is 23.9 Å². The van der Waals surface area contributed by atoms with E-state index in [2.05, 4.69) is 24.5 Å². The molecule has 0 aromatic heterocycles. The van der Waals surface area contributed by atoms with Crippen molar-refractivity contribution in [2.75, 3.05) is 0 Å². The Balaban J connectivity index is 1.40. The molecule has 0 aromatic carbocycles. The highest BCUT2D eigenvalue weighted by Crippen LogP contribution is 2.71. The summed E-state index contributed by atoms with van der Waals surface area (Å²) in [6.07, 6.45) is 18.2. The fourth-order valence-electron chi connectivity index (χ4n) is 8.83. The maximum Gasteiger partial charge on any atom is 0.226 e. The van der Waals surface area contributed by atoms with Crippen LogP contribution in [0.5, 0.6) is 0 Å². The van der Waals surface area contributed by atoms with Gasteiger partial charge in [-0.1, -0.05) is 52.4 Å². The topological polar surface area (TPSA) is 58.2 Å². The molecule has 31 heavy (non-hydrogen) atoms. The summed E-state index contributed by atoms with van der Waals surface area (Å²) >= 11 is 0. The molecule has 2 amide bonds. The van der Waals surface area contributed by atoms with Gasteiger partial charge in [-0.2, -0.15) is 0 Å². The van der Waals surface area contributed by atoms with E-state index in [0.717, 1.165) is 57.8 Å². The molecule has 0 aromatic rings. The van der Waals surface area contributed by atoms with Crippen LogP contribution in [0.15, 0.2) is 0 Å². The number of hydrogen-bond donors (Lipinski definition) is 2. The predicted octanol–water partition coefficient (Wildman–Crippen LogP) is 5.50. The van der Waals surface area contributed by atoms with Crippen LogP contribution in [0.4, 0.5) is 0 Å². The van der Waals surface area contributed by atoms with E-state index in [1.807, 2.05) is 0 Å². The normalized spacial score (nSPS) is 40.8. The fraction of sp³-hybridized carbons (Fsp3) is 0.926. The van der Waals surface area contributed by atoms with Crippen molar-refractivity contribution in [2.24, 2.45) is 28.1 Å². The van der Waals surface area contributed by atoms with Crippen molar-refractivity contribution in [3.63, 3.8) is 0 Å². The SMILES string of the molecule is CC(C)C12CC3CC(C(=O)NC4CCCCC4)(CC(C(=O)NC4CCCCC4)(C3)C1)C2. The van der Waals surface area contributed by atoms with E-state index in [1.54, 1.807) is 0 Å². The minimum atomic E-state index is -0.314. The van der Waals surface area contributed by atoms with E-state index in [4.69, 9.17) is 0 Å². The van der Waals surface area contributed by atoms with Gasteiger partial charge in [-0.15, -0.1) is 0 Å². The molecule has 0 saturated heterocycles. The van der Waals surface area contributed by atoms with E-state index in [9.17, 15) is 9.59 Å². The molecule has 6 fully saturated rings. The first-order valence-electron chi connectivity index (χ1n) is 13.5. The van der Waals surface area contributed by atoms with E-state index in [0.29, 0.717) is 35.7 Å². The molecule has 4 nitrogen and oxygen atoms in total. The maximum atomic E-state index is 13.8. The summed E-state index contributed by atoms with van der Waals surface area (Å²) in [6, 6.07) is 0.715. The molecular weight excluding hydrogens is 384 g/mol. The average Bonchev–Trinajstić information content (AvgIpc) is 2.74. The summed E-state index contributed by atoms with van der Waals surface area (Å²) in [7, 11) is 0. The van der Waals surface area contributed by atoms with Crippen molar-refractivity contribution in [3.8, 4) is 0 Å². The first-order valence-corrected chi connectivity index (χ1v) is 13.5. The lowest BCUT2D eigenvalue weighted by Gasteiger charge is -2.66. The summed E-state index contributed by atoms with van der Waals surface area (Å²) in [6.45, 7) is 4.68. The molecular formula is C27H44N2O2. The van der Waals surface area contributed by atoms with Crippen molar-refractivity contribution in [1.29, 1.82) is 0 Å². The zero-order valence-electron chi connectivity index (χ0n) is 19.9. The van der Waals surface area contributed by atoms with Gasteiger partial charge in [0, 0.05) is 12.1 Å². The smallest absolute Gasteiger partial charge is 0.226 e. The van der Waals surface area contributed by atoms with Crippen molar-refractivity contribution < 1.29 is 9.59 Å². The van der Waals surface area contributed by atoms with E-state index < -0.39 is 0 Å². The summed E-state index contributed by atoms with van der Waals surface area (Å²) in [5, 5.41) is 7.00. The van der Waals surface area contributed by atoms with Crippen molar-refractivity contribution >= 4 is 11.8 Å². The number of carbonyl (C=O) groups is 2. The van der Waals surface area contributed by atoms with Gasteiger partial charge in [0.2, 0.25) is 11.8 Å². The zero-order valence-corrected chi connectivity index (χ0v) is 19.9. The van der Waals surface area contributed by atoms with Gasteiger partial charge in [-0.3, -0.25) is 9.59 Å². The number of hydrogen-bond acceptors (Lipinski definition) is 2. The molecule has 174 valence electrons. The molecule has 2 atom stereocenters. The van der Waals surface area contributed by atoms with Gasteiger partial charge in [-0.05, 0) is 81.5 Å². The standard InChI is InChI=1S/C27H44N2O2/c1-19(2)25-13-20-14-26(16-25,23(30)28-21-9-5-3-6-10-21)18-27(15-20,17-25)24(31)29-22-11-7-4-8-12-22/h19-22H,3-18H2,1-2H3,(H,28,30)(H,29,31). The molecule has 6 rings (SSSR count). The van der Waals surface area contributed by atoms with E-state index >= 15 is 0 Å². The second kappa shape index (κ2) is 8.06. The molecule has 0 radical (unpaired) electrons. The molecule has 6 aliphatic carbocycles. The Labute approximate surface area is 189 Å². The second-order valence-electron chi connectivity index (χ2n) is 12.7. The van der Waals surface area contributed by atoms with Crippen LogP contribution >= 0.6 is 0 Å². The Morgan fingerprint density at radius 1 is 0.677 bits per heavy atom. The summed E-state index contributed by atoms with van der Waals surface area (Å²) < 4.78 is 0. The Morgan fingerprint density at radius 3 is 1.55 bits per heavy atom. The fourth-order valence-corrected chi connectivity index (χ4v) is 8.83. The third-order valence-corrected chi connectivity index (χ3v) is 10.2. The number of rotatable bonds is 5. The van der Waals surface area contributed by atoms with Crippen LogP contribution in [0.3, 0.4) is 0 Å². The lowest BCUT2D eigenvalue weighted by atomic mass is 9.37. The number of carbonyl (C=O) groups excluding carboxylic acids is 2. The van der Waals surface area contributed by atoms with Gasteiger partial charge in [0.1, 0.15) is 0 Å². The highest BCUT2D eigenvalue weighted by molar-refractivity contribution is 5.88. The lowest BCUT2D eigenvalue weighted by Crippen LogP contribution is -2.66. The number of amides is 2. The molecule has 0 heterocycles. The van der Waals surface area contributed by atoms with Crippen LogP contribution < -0.4 is 10.6 Å². The highest BCUT2D eigenvalue weighted by Gasteiger charge is 2.68. The molecule has 2 N–H and O–H groups in total. The maximum absolute atomic E-state index is 13.8. The Morgan fingerprint density at radius 2 is 1.13 bits per heavy atom. The molecule has 4 heteroatoms. The average molecular weight is 429 g/mol. The van der Waals surface area contributed by atoms with Gasteiger partial charge < -0.3 is 10.6 Å². The summed E-state index contributed by atoms with van der Waals surface area (Å²) in [5.74, 6) is 1.65. The summed E-state index contributed by atoms with van der Waals surface area (Å²) in [4.78, 5) is 27.7. The zero-order chi connectivity index (χ0) is 21.7. The quantitative estimate of drug-likeness (QED) is 0.608. The molecule has 0 spiro atoms. The van der Waals surface area contributed by atoms with Crippen molar-refractivity contribution in [2.45, 2.75) is 129 Å². The Kier molecular flexibility index (Phi) is 5.66. The third-order valence-electron chi connectivity index (χ3n) is 10.2. The lowest BCUT2D eigenvalue weighted by molar-refractivity contribution is -0.192. The van der Waals surface area contributed by atoms with Crippen LogP contribution in [0.2, 0.25) is 0 Å². The minimum Gasteiger partial charge on any atom is -0.353 e. The third kappa shape index (κ3) is 3.84. The van der Waals surface area contributed by atoms with Gasteiger partial charge >= 0.3 is 0 Å². The first-order chi connectivity index (χ1) is 14.8. The van der Waals surface area contributed by atoms with Crippen LogP contribution in [-0.2, 0) is 9.59 Å². The van der Waals surface area contributed by atoms with E-state index in [-0.39, 0.29) is 16.2 Å². The molecule has 0 aliphatic heterocycles. The predicted molar refractivity (Wildman–Crippen MR) is 123 cm³/mol. The molecule has 2 unspecified atom stereocenters. The highest BCUT2D eigenvalue weighted by atomic mass is 16.2. The van der Waals surface area contributed by atoms with Gasteiger partial charge in [-0.25, -0.2) is 0 Å². The van der Waals surface area contributed by atoms with Gasteiger partial charge in [0.25, 0.3) is 0 Å². The van der Waals surface area contributed by atoms with Crippen molar-refractivity contribution in [1.82, 2.24) is 10.6 Å². The molecule has 4 bridgehead atoms. The minimum absolute atomic E-state index is 0.160. The first kappa shape index (κ1) is 21.8. The van der Waals surface area contributed by atoms with Crippen molar-refractivity contribution in [3.05, 3.63) is 0 Å². The summed E-state index contributed by atoms with van der Waals surface area (Å²) in [5.41, 5.74) is -0.469. The van der Waals surface area contributed by atoms with Gasteiger partial charge in [0.15, 0.2) is 0 Å². The molecule has 6 saturated carbocycles. The Bertz CT molecular complexity index is 656. The Hall–Kier alpha value is -1.06.